The fraction of sp³-hybridized carbons (Fsp3) is 0.364. The van der Waals surface area contributed by atoms with Gasteiger partial charge in [-0.2, -0.15) is 0 Å². The van der Waals surface area contributed by atoms with Crippen LogP contribution in [0.4, 0.5) is 5.69 Å². The summed E-state index contributed by atoms with van der Waals surface area (Å²) in [5.41, 5.74) is 0.740. The van der Waals surface area contributed by atoms with Crippen LogP contribution in [0.3, 0.4) is 0 Å². The van der Waals surface area contributed by atoms with E-state index in [2.05, 4.69) is 5.32 Å². The first-order valence-electron chi connectivity index (χ1n) is 5.19. The topological polar surface area (TPSA) is 35.5 Å². The number of likely N-dealkylation sites (N-methyl/N-ethyl adjacent to an activating group) is 1. The number of nitrogens with one attached hydrogen (secondary N) is 1. The molecule has 0 fully saturated rings. The number of benzene rings is 1. The SMILES string of the molecule is CCN(CCO)C(=S)Nc1cc(Cl)cc(Cl)c1. The Bertz CT molecular complexity index is 381. The summed E-state index contributed by atoms with van der Waals surface area (Å²) in [7, 11) is 0. The molecule has 0 bridgehead atoms. The van der Waals surface area contributed by atoms with E-state index in [-0.39, 0.29) is 6.61 Å². The van der Waals surface area contributed by atoms with Crippen LogP contribution in [-0.4, -0.2) is 34.8 Å². The highest BCUT2D eigenvalue weighted by molar-refractivity contribution is 7.80. The molecule has 0 aliphatic carbocycles. The molecule has 17 heavy (non-hydrogen) atoms. The summed E-state index contributed by atoms with van der Waals surface area (Å²) >= 11 is 17.0. The second kappa shape index (κ2) is 7.01. The first kappa shape index (κ1) is 14.5. The van der Waals surface area contributed by atoms with Gasteiger partial charge in [-0.3, -0.25) is 0 Å². The Morgan fingerprint density at radius 3 is 2.41 bits per heavy atom. The summed E-state index contributed by atoms with van der Waals surface area (Å²) in [5, 5.41) is 13.6. The van der Waals surface area contributed by atoms with E-state index in [1.165, 1.54) is 0 Å². The molecule has 0 saturated heterocycles. The van der Waals surface area contributed by atoms with Crippen molar-refractivity contribution in [2.75, 3.05) is 25.0 Å². The van der Waals surface area contributed by atoms with Gasteiger partial charge in [-0.05, 0) is 37.3 Å². The van der Waals surface area contributed by atoms with Crippen LogP contribution in [0.1, 0.15) is 6.92 Å². The number of aliphatic hydroxyl groups is 1. The molecule has 6 heteroatoms. The maximum Gasteiger partial charge on any atom is 0.173 e. The van der Waals surface area contributed by atoms with E-state index in [0.29, 0.717) is 21.7 Å². The molecule has 1 aromatic rings. The minimum atomic E-state index is 0.0615. The van der Waals surface area contributed by atoms with Crippen molar-refractivity contribution in [3.05, 3.63) is 28.2 Å². The quantitative estimate of drug-likeness (QED) is 0.837. The molecule has 0 aliphatic heterocycles. The highest BCUT2D eigenvalue weighted by Crippen LogP contribution is 2.22. The number of anilines is 1. The third-order valence-corrected chi connectivity index (χ3v) is 2.95. The second-order valence-electron chi connectivity index (χ2n) is 3.39. The van der Waals surface area contributed by atoms with Gasteiger partial charge < -0.3 is 15.3 Å². The summed E-state index contributed by atoms with van der Waals surface area (Å²) in [6.07, 6.45) is 0. The normalized spacial score (nSPS) is 10.1. The van der Waals surface area contributed by atoms with Gasteiger partial charge in [0.25, 0.3) is 0 Å². The smallest absolute Gasteiger partial charge is 0.173 e. The minimum absolute atomic E-state index is 0.0615. The van der Waals surface area contributed by atoms with Crippen molar-refractivity contribution in [3.63, 3.8) is 0 Å². The summed E-state index contributed by atoms with van der Waals surface area (Å²) in [6, 6.07) is 5.14. The Hall–Kier alpha value is -0.550. The van der Waals surface area contributed by atoms with Gasteiger partial charge in [-0.15, -0.1) is 0 Å². The highest BCUT2D eigenvalue weighted by atomic mass is 35.5. The zero-order valence-electron chi connectivity index (χ0n) is 9.41. The minimum Gasteiger partial charge on any atom is -0.395 e. The van der Waals surface area contributed by atoms with E-state index >= 15 is 0 Å². The predicted octanol–water partition coefficient (Wildman–Crippen LogP) is 3.00. The molecule has 0 aromatic heterocycles. The van der Waals surface area contributed by atoms with Crippen LogP contribution in [0.15, 0.2) is 18.2 Å². The number of rotatable bonds is 4. The van der Waals surface area contributed by atoms with Crippen molar-refractivity contribution in [1.82, 2.24) is 4.90 Å². The van der Waals surface area contributed by atoms with Gasteiger partial charge in [-0.1, -0.05) is 23.2 Å². The second-order valence-corrected chi connectivity index (χ2v) is 4.65. The van der Waals surface area contributed by atoms with Crippen LogP contribution in [0.5, 0.6) is 0 Å². The number of hydrogen-bond donors (Lipinski definition) is 2. The van der Waals surface area contributed by atoms with Crippen LogP contribution in [0.25, 0.3) is 0 Å². The third kappa shape index (κ3) is 4.68. The van der Waals surface area contributed by atoms with Crippen LogP contribution in [-0.2, 0) is 0 Å². The zero-order chi connectivity index (χ0) is 12.8. The van der Waals surface area contributed by atoms with Crippen LogP contribution in [0, 0.1) is 0 Å². The maximum absolute atomic E-state index is 8.90. The van der Waals surface area contributed by atoms with E-state index in [9.17, 15) is 0 Å². The molecular formula is C11H14Cl2N2OS. The van der Waals surface area contributed by atoms with E-state index in [0.717, 1.165) is 12.2 Å². The number of hydrogen-bond acceptors (Lipinski definition) is 2. The Balaban J connectivity index is 2.72. The van der Waals surface area contributed by atoms with E-state index in [4.69, 9.17) is 40.5 Å². The molecule has 3 nitrogen and oxygen atoms in total. The summed E-state index contributed by atoms with van der Waals surface area (Å²) in [6.45, 7) is 3.25. The van der Waals surface area contributed by atoms with Crippen molar-refractivity contribution in [2.24, 2.45) is 0 Å². The lowest BCUT2D eigenvalue weighted by Gasteiger charge is -2.23. The monoisotopic (exact) mass is 292 g/mol. The predicted molar refractivity (Wildman–Crippen MR) is 77.0 cm³/mol. The Morgan fingerprint density at radius 2 is 1.94 bits per heavy atom. The largest absolute Gasteiger partial charge is 0.395 e. The molecule has 2 N–H and O–H groups in total. The average molecular weight is 293 g/mol. The van der Waals surface area contributed by atoms with Gasteiger partial charge in [0.2, 0.25) is 0 Å². The highest BCUT2D eigenvalue weighted by Gasteiger charge is 2.07. The lowest BCUT2D eigenvalue weighted by molar-refractivity contribution is 0.254. The van der Waals surface area contributed by atoms with Gasteiger partial charge in [-0.25, -0.2) is 0 Å². The standard InChI is InChI=1S/C11H14Cl2N2OS/c1-2-15(3-4-16)11(17)14-10-6-8(12)5-9(13)7-10/h5-7,16H,2-4H2,1H3,(H,14,17). The molecule has 0 amide bonds. The molecule has 1 rings (SSSR count). The van der Waals surface area contributed by atoms with Crippen molar-refractivity contribution in [3.8, 4) is 0 Å². The molecule has 0 radical (unpaired) electrons. The fourth-order valence-electron chi connectivity index (χ4n) is 1.35. The zero-order valence-corrected chi connectivity index (χ0v) is 11.7. The molecule has 0 unspecified atom stereocenters. The molecule has 94 valence electrons. The Labute approximate surface area is 116 Å². The van der Waals surface area contributed by atoms with Crippen LogP contribution >= 0.6 is 35.4 Å². The Kier molecular flexibility index (Phi) is 5.98. The molecule has 0 saturated carbocycles. The lowest BCUT2D eigenvalue weighted by atomic mass is 10.3. The number of aliphatic hydroxyl groups excluding tert-OH is 1. The summed E-state index contributed by atoms with van der Waals surface area (Å²) in [4.78, 5) is 1.85. The fourth-order valence-corrected chi connectivity index (χ4v) is 2.22. The van der Waals surface area contributed by atoms with Gasteiger partial charge in [0.15, 0.2) is 5.11 Å². The first-order valence-corrected chi connectivity index (χ1v) is 6.36. The van der Waals surface area contributed by atoms with Gasteiger partial charge >= 0.3 is 0 Å². The number of thiocarbonyl (C=S) groups is 1. The van der Waals surface area contributed by atoms with E-state index < -0.39 is 0 Å². The molecular weight excluding hydrogens is 279 g/mol. The van der Waals surface area contributed by atoms with Gasteiger partial charge in [0.05, 0.1) is 6.61 Å². The van der Waals surface area contributed by atoms with Crippen molar-refractivity contribution < 1.29 is 5.11 Å². The van der Waals surface area contributed by atoms with E-state index in [1.807, 2.05) is 11.8 Å². The summed E-state index contributed by atoms with van der Waals surface area (Å²) in [5.74, 6) is 0. The van der Waals surface area contributed by atoms with Crippen LogP contribution in [0.2, 0.25) is 10.0 Å². The van der Waals surface area contributed by atoms with Crippen molar-refractivity contribution in [1.29, 1.82) is 0 Å². The lowest BCUT2D eigenvalue weighted by Crippen LogP contribution is -2.36. The summed E-state index contributed by atoms with van der Waals surface area (Å²) < 4.78 is 0. The third-order valence-electron chi connectivity index (χ3n) is 2.15. The number of nitrogens with zero attached hydrogens (tertiary/aromatic N) is 1. The first-order chi connectivity index (χ1) is 8.06. The maximum atomic E-state index is 8.90. The molecule has 0 atom stereocenters. The van der Waals surface area contributed by atoms with Crippen molar-refractivity contribution >= 4 is 46.2 Å². The molecule has 0 heterocycles. The Morgan fingerprint density at radius 1 is 1.35 bits per heavy atom. The van der Waals surface area contributed by atoms with Gasteiger partial charge in [0.1, 0.15) is 0 Å². The molecule has 0 aliphatic rings. The van der Waals surface area contributed by atoms with E-state index in [1.54, 1.807) is 18.2 Å². The van der Waals surface area contributed by atoms with Crippen molar-refractivity contribution in [2.45, 2.75) is 6.92 Å². The molecule has 1 aromatic carbocycles. The van der Waals surface area contributed by atoms with Crippen LogP contribution < -0.4 is 5.32 Å². The van der Waals surface area contributed by atoms with Gasteiger partial charge in [0, 0.05) is 28.8 Å². The molecule has 0 spiro atoms. The number of halogens is 2. The average Bonchev–Trinajstić information content (AvgIpc) is 2.24.